The Labute approximate surface area is 135 Å². The Morgan fingerprint density at radius 1 is 1.19 bits per heavy atom. The van der Waals surface area contributed by atoms with Gasteiger partial charge in [-0.25, -0.2) is 0 Å². The van der Waals surface area contributed by atoms with Crippen molar-refractivity contribution in [3.05, 3.63) is 0 Å². The highest BCUT2D eigenvalue weighted by Crippen LogP contribution is 2.39. The largest absolute Gasteiger partial charge is 0.342 e. The molecule has 3 nitrogen and oxygen atoms in total. The summed E-state index contributed by atoms with van der Waals surface area (Å²) in [5.41, 5.74) is 6.18. The lowest BCUT2D eigenvalue weighted by Crippen LogP contribution is -2.37. The number of fused-ring (bicyclic) bond motifs is 1. The Morgan fingerprint density at radius 2 is 1.90 bits per heavy atom. The van der Waals surface area contributed by atoms with Crippen LogP contribution in [0.3, 0.4) is 0 Å². The summed E-state index contributed by atoms with van der Waals surface area (Å²) >= 11 is 0. The average Bonchev–Trinajstić information content (AvgIpc) is 3.14. The summed E-state index contributed by atoms with van der Waals surface area (Å²) in [6.07, 6.45) is 9.97. The SMILES string of the molecule is CCC(CC1CCCC1)C(=O)N1CC2CCC(N)C2C1.Cl. The van der Waals surface area contributed by atoms with Crippen LogP contribution in [0.15, 0.2) is 0 Å². The highest BCUT2D eigenvalue weighted by molar-refractivity contribution is 5.85. The number of halogens is 1. The van der Waals surface area contributed by atoms with Gasteiger partial charge in [0.1, 0.15) is 0 Å². The summed E-state index contributed by atoms with van der Waals surface area (Å²) in [6, 6.07) is 0.340. The highest BCUT2D eigenvalue weighted by atomic mass is 35.5. The molecule has 0 aromatic carbocycles. The number of hydrogen-bond donors (Lipinski definition) is 1. The molecule has 3 fully saturated rings. The first-order valence-corrected chi connectivity index (χ1v) is 8.73. The number of rotatable bonds is 4. The van der Waals surface area contributed by atoms with E-state index >= 15 is 0 Å². The van der Waals surface area contributed by atoms with Crippen LogP contribution in [0.4, 0.5) is 0 Å². The minimum Gasteiger partial charge on any atom is -0.342 e. The van der Waals surface area contributed by atoms with Gasteiger partial charge in [-0.1, -0.05) is 32.6 Å². The molecule has 4 atom stereocenters. The molecule has 1 heterocycles. The first kappa shape index (κ1) is 17.1. The van der Waals surface area contributed by atoms with E-state index in [4.69, 9.17) is 5.73 Å². The zero-order valence-corrected chi connectivity index (χ0v) is 14.1. The van der Waals surface area contributed by atoms with Crippen LogP contribution >= 0.6 is 12.4 Å². The number of carbonyl (C=O) groups excluding carboxylic acids is 1. The summed E-state index contributed by atoms with van der Waals surface area (Å²) in [7, 11) is 0. The quantitative estimate of drug-likeness (QED) is 0.866. The number of amides is 1. The first-order chi connectivity index (χ1) is 9.69. The van der Waals surface area contributed by atoms with Crippen molar-refractivity contribution in [2.75, 3.05) is 13.1 Å². The first-order valence-electron chi connectivity index (χ1n) is 8.73. The van der Waals surface area contributed by atoms with Gasteiger partial charge >= 0.3 is 0 Å². The molecule has 2 aliphatic carbocycles. The zero-order chi connectivity index (χ0) is 14.1. The third kappa shape index (κ3) is 3.56. The molecular formula is C17H31ClN2O. The molecule has 0 aromatic heterocycles. The summed E-state index contributed by atoms with van der Waals surface area (Å²) in [5, 5.41) is 0. The standard InChI is InChI=1S/C17H30N2O.ClH/c1-2-13(9-12-5-3-4-6-12)17(20)19-10-14-7-8-16(18)15(14)11-19;/h12-16H,2-11,18H2,1H3;1H. The van der Waals surface area contributed by atoms with E-state index < -0.39 is 0 Å². The zero-order valence-electron chi connectivity index (χ0n) is 13.3. The van der Waals surface area contributed by atoms with Crippen molar-refractivity contribution in [2.24, 2.45) is 29.4 Å². The van der Waals surface area contributed by atoms with Crippen molar-refractivity contribution < 1.29 is 4.79 Å². The van der Waals surface area contributed by atoms with Crippen LogP contribution in [0.25, 0.3) is 0 Å². The van der Waals surface area contributed by atoms with E-state index in [-0.39, 0.29) is 18.3 Å². The maximum atomic E-state index is 12.8. The molecule has 2 N–H and O–H groups in total. The Morgan fingerprint density at radius 3 is 2.52 bits per heavy atom. The minimum atomic E-state index is 0. The monoisotopic (exact) mass is 314 g/mol. The highest BCUT2D eigenvalue weighted by Gasteiger charge is 2.43. The van der Waals surface area contributed by atoms with E-state index in [0.29, 0.717) is 23.8 Å². The molecule has 3 rings (SSSR count). The van der Waals surface area contributed by atoms with Crippen molar-refractivity contribution in [2.45, 2.75) is 64.3 Å². The van der Waals surface area contributed by atoms with Crippen LogP contribution < -0.4 is 5.73 Å². The van der Waals surface area contributed by atoms with Gasteiger partial charge in [-0.3, -0.25) is 4.79 Å². The number of likely N-dealkylation sites (tertiary alicyclic amines) is 1. The molecule has 4 unspecified atom stereocenters. The average molecular weight is 315 g/mol. The summed E-state index contributed by atoms with van der Waals surface area (Å²) in [5.74, 6) is 2.79. The van der Waals surface area contributed by atoms with E-state index in [9.17, 15) is 4.79 Å². The lowest BCUT2D eigenvalue weighted by molar-refractivity contribution is -0.135. The Hall–Kier alpha value is -0.280. The van der Waals surface area contributed by atoms with Crippen molar-refractivity contribution >= 4 is 18.3 Å². The van der Waals surface area contributed by atoms with Crippen molar-refractivity contribution in [3.8, 4) is 0 Å². The number of nitrogens with two attached hydrogens (primary N) is 1. The summed E-state index contributed by atoms with van der Waals surface area (Å²) < 4.78 is 0. The van der Waals surface area contributed by atoms with Crippen LogP contribution in [0.2, 0.25) is 0 Å². The molecule has 3 aliphatic rings. The Kier molecular flexibility index (Phi) is 5.96. The minimum absolute atomic E-state index is 0. The lowest BCUT2D eigenvalue weighted by atomic mass is 9.90. The molecule has 0 radical (unpaired) electrons. The van der Waals surface area contributed by atoms with Crippen LogP contribution in [-0.2, 0) is 4.79 Å². The molecule has 4 heteroatoms. The topological polar surface area (TPSA) is 46.3 Å². The van der Waals surface area contributed by atoms with Gasteiger partial charge in [0, 0.05) is 25.0 Å². The van der Waals surface area contributed by atoms with Crippen molar-refractivity contribution in [3.63, 3.8) is 0 Å². The number of hydrogen-bond acceptors (Lipinski definition) is 2. The molecule has 0 aromatic rings. The van der Waals surface area contributed by atoms with Crippen LogP contribution in [0, 0.1) is 23.7 Å². The third-order valence-electron chi connectivity index (χ3n) is 6.16. The molecule has 1 saturated heterocycles. The van der Waals surface area contributed by atoms with Gasteiger partial charge < -0.3 is 10.6 Å². The fourth-order valence-corrected chi connectivity index (χ4v) is 4.84. The molecule has 2 saturated carbocycles. The molecule has 1 aliphatic heterocycles. The van der Waals surface area contributed by atoms with E-state index in [0.717, 1.165) is 38.3 Å². The van der Waals surface area contributed by atoms with Gasteiger partial charge in [-0.05, 0) is 43.4 Å². The van der Waals surface area contributed by atoms with Crippen LogP contribution in [0.5, 0.6) is 0 Å². The van der Waals surface area contributed by atoms with E-state index in [1.165, 1.54) is 32.1 Å². The second-order valence-electron chi connectivity index (χ2n) is 7.40. The Bertz CT molecular complexity index is 351. The smallest absolute Gasteiger partial charge is 0.225 e. The van der Waals surface area contributed by atoms with Gasteiger partial charge in [-0.2, -0.15) is 0 Å². The van der Waals surface area contributed by atoms with Gasteiger partial charge in [0.2, 0.25) is 5.91 Å². The maximum absolute atomic E-state index is 12.8. The van der Waals surface area contributed by atoms with E-state index in [1.54, 1.807) is 0 Å². The predicted molar refractivity (Wildman–Crippen MR) is 88.4 cm³/mol. The fourth-order valence-electron chi connectivity index (χ4n) is 4.84. The van der Waals surface area contributed by atoms with Gasteiger partial charge in [-0.15, -0.1) is 12.4 Å². The van der Waals surface area contributed by atoms with Crippen molar-refractivity contribution in [1.82, 2.24) is 4.90 Å². The maximum Gasteiger partial charge on any atom is 0.225 e. The number of carbonyl (C=O) groups is 1. The number of nitrogens with zero attached hydrogens (tertiary/aromatic N) is 1. The fraction of sp³-hybridized carbons (Fsp3) is 0.941. The molecule has 21 heavy (non-hydrogen) atoms. The second-order valence-corrected chi connectivity index (χ2v) is 7.40. The molecule has 0 spiro atoms. The lowest BCUT2D eigenvalue weighted by Gasteiger charge is -2.25. The van der Waals surface area contributed by atoms with Gasteiger partial charge in [0.05, 0.1) is 0 Å². The summed E-state index contributed by atoms with van der Waals surface area (Å²) in [6.45, 7) is 4.10. The Balaban J connectivity index is 0.00000161. The normalized spacial score (nSPS) is 33.8. The second kappa shape index (κ2) is 7.32. The molecular weight excluding hydrogens is 284 g/mol. The van der Waals surface area contributed by atoms with E-state index in [1.807, 2.05) is 0 Å². The predicted octanol–water partition coefficient (Wildman–Crippen LogP) is 3.21. The summed E-state index contributed by atoms with van der Waals surface area (Å²) in [4.78, 5) is 14.9. The van der Waals surface area contributed by atoms with Gasteiger partial charge in [0.15, 0.2) is 0 Å². The molecule has 122 valence electrons. The molecule has 1 amide bonds. The molecule has 0 bridgehead atoms. The van der Waals surface area contributed by atoms with Crippen molar-refractivity contribution in [1.29, 1.82) is 0 Å². The van der Waals surface area contributed by atoms with E-state index in [2.05, 4.69) is 11.8 Å². The van der Waals surface area contributed by atoms with Crippen LogP contribution in [-0.4, -0.2) is 29.9 Å². The van der Waals surface area contributed by atoms with Gasteiger partial charge in [0.25, 0.3) is 0 Å². The third-order valence-corrected chi connectivity index (χ3v) is 6.16. The van der Waals surface area contributed by atoms with Crippen LogP contribution in [0.1, 0.15) is 58.3 Å².